The average Bonchev–Trinajstić information content (AvgIpc) is 3.09. The largest absolute Gasteiger partial charge is 0.464 e. The second kappa shape index (κ2) is 8.33. The number of hydrazine groups is 1. The standard InChI is InChI=1S/C17H23BrN6O4/c1-9(28-2)16(25)22-12-7-21-15-13(12)14(11(18)6-20-15)23-5-3-4-10(8-23)24(19)17(26)27/h6-7,9-10H,3-5,8,19H2,1-2H3,(H,20,21)(H,22,25)(H,26,27)/t9-,10+/m0/s1. The van der Waals surface area contributed by atoms with E-state index in [1.165, 1.54) is 7.11 Å². The SMILES string of the molecule is CO[C@@H](C)C(=O)Nc1c[nH]c2ncc(Br)c(N3CCC[C@@H](N(N)C(=O)O)C3)c12. The van der Waals surface area contributed by atoms with Gasteiger partial charge in [-0.25, -0.2) is 20.6 Å². The van der Waals surface area contributed by atoms with Gasteiger partial charge in [-0.1, -0.05) is 0 Å². The lowest BCUT2D eigenvalue weighted by Gasteiger charge is -2.38. The van der Waals surface area contributed by atoms with Gasteiger partial charge in [-0.2, -0.15) is 0 Å². The minimum atomic E-state index is -1.16. The van der Waals surface area contributed by atoms with Gasteiger partial charge in [-0.05, 0) is 35.7 Å². The Labute approximate surface area is 170 Å². The quantitative estimate of drug-likeness (QED) is 0.308. The summed E-state index contributed by atoms with van der Waals surface area (Å²) in [5, 5.41) is 13.7. The molecule has 3 rings (SSSR count). The number of anilines is 2. The number of H-pyrrole nitrogens is 1. The number of carbonyl (C=O) groups excluding carboxylic acids is 1. The van der Waals surface area contributed by atoms with E-state index in [0.29, 0.717) is 24.3 Å². The number of methoxy groups -OCH3 is 1. The molecule has 1 fully saturated rings. The first-order chi connectivity index (χ1) is 13.3. The molecule has 1 aliphatic heterocycles. The van der Waals surface area contributed by atoms with Crippen LogP contribution >= 0.6 is 15.9 Å². The van der Waals surface area contributed by atoms with Gasteiger partial charge < -0.3 is 25.0 Å². The molecule has 2 atom stereocenters. The van der Waals surface area contributed by atoms with Gasteiger partial charge in [0.05, 0.1) is 27.3 Å². The van der Waals surface area contributed by atoms with Crippen molar-refractivity contribution in [3.05, 3.63) is 16.9 Å². The third kappa shape index (κ3) is 3.91. The van der Waals surface area contributed by atoms with E-state index in [1.54, 1.807) is 19.3 Å². The van der Waals surface area contributed by atoms with Gasteiger partial charge in [0.15, 0.2) is 0 Å². The number of halogens is 1. The summed E-state index contributed by atoms with van der Waals surface area (Å²) < 4.78 is 5.82. The van der Waals surface area contributed by atoms with Crippen LogP contribution in [0.3, 0.4) is 0 Å². The lowest BCUT2D eigenvalue weighted by molar-refractivity contribution is -0.124. The summed E-state index contributed by atoms with van der Waals surface area (Å²) in [4.78, 5) is 33.0. The second-order valence-electron chi connectivity index (χ2n) is 6.68. The Kier molecular flexibility index (Phi) is 6.06. The van der Waals surface area contributed by atoms with Crippen molar-refractivity contribution in [2.75, 3.05) is 30.4 Å². The molecule has 5 N–H and O–H groups in total. The molecule has 28 heavy (non-hydrogen) atoms. The normalized spacial score (nSPS) is 18.1. The molecule has 2 aromatic rings. The Balaban J connectivity index is 1.98. The summed E-state index contributed by atoms with van der Waals surface area (Å²) >= 11 is 3.55. The topological polar surface area (TPSA) is 137 Å². The molecule has 0 aliphatic carbocycles. The first-order valence-electron chi connectivity index (χ1n) is 8.84. The summed E-state index contributed by atoms with van der Waals surface area (Å²) in [6, 6.07) is -0.327. The number of nitrogens with zero attached hydrogens (tertiary/aromatic N) is 3. The molecule has 2 amide bonds. The summed E-state index contributed by atoms with van der Waals surface area (Å²) in [5.41, 5.74) is 2.02. The Morgan fingerprint density at radius 2 is 2.32 bits per heavy atom. The van der Waals surface area contributed by atoms with Crippen LogP contribution in [0.4, 0.5) is 16.2 Å². The van der Waals surface area contributed by atoms with Crippen LogP contribution in [0.2, 0.25) is 0 Å². The molecule has 0 saturated carbocycles. The van der Waals surface area contributed by atoms with Crippen molar-refractivity contribution in [3.8, 4) is 0 Å². The van der Waals surface area contributed by atoms with Crippen LogP contribution in [0, 0.1) is 0 Å². The number of ether oxygens (including phenoxy) is 1. The smallest absolute Gasteiger partial charge is 0.421 e. The molecule has 11 heteroatoms. The highest BCUT2D eigenvalue weighted by molar-refractivity contribution is 9.10. The van der Waals surface area contributed by atoms with Crippen molar-refractivity contribution in [1.82, 2.24) is 15.0 Å². The highest BCUT2D eigenvalue weighted by Gasteiger charge is 2.29. The predicted octanol–water partition coefficient (Wildman–Crippen LogP) is 2.12. The molecular weight excluding hydrogens is 432 g/mol. The number of aromatic amines is 1. The van der Waals surface area contributed by atoms with Crippen LogP contribution in [0.5, 0.6) is 0 Å². The number of hydrogen-bond donors (Lipinski definition) is 4. The van der Waals surface area contributed by atoms with E-state index in [9.17, 15) is 14.7 Å². The Hall–Kier alpha value is -2.37. The zero-order chi connectivity index (χ0) is 20.4. The number of nitrogens with two attached hydrogens (primary N) is 1. The molecule has 2 aromatic heterocycles. The van der Waals surface area contributed by atoms with Crippen molar-refractivity contribution in [2.45, 2.75) is 31.9 Å². The van der Waals surface area contributed by atoms with E-state index in [2.05, 4.69) is 36.1 Å². The molecule has 0 radical (unpaired) electrons. The molecule has 152 valence electrons. The van der Waals surface area contributed by atoms with E-state index in [4.69, 9.17) is 10.6 Å². The fraction of sp³-hybridized carbons (Fsp3) is 0.471. The zero-order valence-electron chi connectivity index (χ0n) is 15.6. The van der Waals surface area contributed by atoms with Crippen molar-refractivity contribution < 1.29 is 19.4 Å². The van der Waals surface area contributed by atoms with Gasteiger partial charge in [-0.3, -0.25) is 4.79 Å². The van der Waals surface area contributed by atoms with Gasteiger partial charge in [0, 0.05) is 32.6 Å². The van der Waals surface area contributed by atoms with Gasteiger partial charge in [0.1, 0.15) is 11.8 Å². The first kappa shape index (κ1) is 20.4. The summed E-state index contributed by atoms with van der Waals surface area (Å²) in [6.07, 6.45) is 3.07. The molecule has 1 aliphatic rings. The van der Waals surface area contributed by atoms with Crippen molar-refractivity contribution in [3.63, 3.8) is 0 Å². The maximum atomic E-state index is 12.3. The predicted molar refractivity (Wildman–Crippen MR) is 108 cm³/mol. The number of carboxylic acid groups (broad SMARTS) is 1. The Morgan fingerprint density at radius 1 is 1.57 bits per heavy atom. The molecule has 1 saturated heterocycles. The third-order valence-electron chi connectivity index (χ3n) is 4.94. The summed E-state index contributed by atoms with van der Waals surface area (Å²) in [5.74, 6) is 5.44. The van der Waals surface area contributed by atoms with E-state index >= 15 is 0 Å². The molecular formula is C17H23BrN6O4. The van der Waals surface area contributed by atoms with Crippen molar-refractivity contribution in [1.29, 1.82) is 0 Å². The molecule has 0 bridgehead atoms. The maximum Gasteiger partial charge on any atom is 0.421 e. The maximum absolute atomic E-state index is 12.3. The van der Waals surface area contributed by atoms with Crippen LogP contribution in [0.15, 0.2) is 16.9 Å². The fourth-order valence-electron chi connectivity index (χ4n) is 3.35. The number of nitrogens with one attached hydrogen (secondary N) is 2. The number of hydrogen-bond acceptors (Lipinski definition) is 6. The monoisotopic (exact) mass is 454 g/mol. The third-order valence-corrected chi connectivity index (χ3v) is 5.52. The van der Waals surface area contributed by atoms with E-state index in [1.807, 2.05) is 0 Å². The molecule has 3 heterocycles. The van der Waals surface area contributed by atoms with Crippen LogP contribution in [-0.4, -0.2) is 64.4 Å². The fourth-order valence-corrected chi connectivity index (χ4v) is 3.90. The van der Waals surface area contributed by atoms with Crippen LogP contribution in [0.1, 0.15) is 19.8 Å². The Bertz CT molecular complexity index is 888. The molecule has 0 aromatic carbocycles. The number of piperidine rings is 1. The number of fused-ring (bicyclic) bond motifs is 1. The van der Waals surface area contributed by atoms with Gasteiger partial charge >= 0.3 is 6.09 Å². The number of pyridine rings is 1. The second-order valence-corrected chi connectivity index (χ2v) is 7.53. The van der Waals surface area contributed by atoms with Crippen LogP contribution < -0.4 is 16.1 Å². The molecule has 0 unspecified atom stereocenters. The number of rotatable bonds is 5. The average molecular weight is 455 g/mol. The summed E-state index contributed by atoms with van der Waals surface area (Å²) in [7, 11) is 1.47. The lowest BCUT2D eigenvalue weighted by Crippen LogP contribution is -2.53. The highest BCUT2D eigenvalue weighted by Crippen LogP contribution is 2.39. The number of aromatic nitrogens is 2. The highest BCUT2D eigenvalue weighted by atomic mass is 79.9. The van der Waals surface area contributed by atoms with Gasteiger partial charge in [0.2, 0.25) is 0 Å². The van der Waals surface area contributed by atoms with E-state index in [-0.39, 0.29) is 11.9 Å². The number of carbonyl (C=O) groups is 2. The summed E-state index contributed by atoms with van der Waals surface area (Å²) in [6.45, 7) is 2.83. The van der Waals surface area contributed by atoms with E-state index in [0.717, 1.165) is 33.5 Å². The number of amides is 2. The first-order valence-corrected chi connectivity index (χ1v) is 9.63. The van der Waals surface area contributed by atoms with Crippen molar-refractivity contribution >= 4 is 50.3 Å². The minimum Gasteiger partial charge on any atom is -0.464 e. The van der Waals surface area contributed by atoms with Gasteiger partial charge in [0.25, 0.3) is 5.91 Å². The van der Waals surface area contributed by atoms with Gasteiger partial charge in [-0.15, -0.1) is 0 Å². The minimum absolute atomic E-state index is 0.273. The van der Waals surface area contributed by atoms with Crippen molar-refractivity contribution in [2.24, 2.45) is 5.84 Å². The Morgan fingerprint density at radius 3 is 3.00 bits per heavy atom. The zero-order valence-corrected chi connectivity index (χ0v) is 17.2. The van der Waals surface area contributed by atoms with E-state index < -0.39 is 12.2 Å². The van der Waals surface area contributed by atoms with Crippen LogP contribution in [-0.2, 0) is 9.53 Å². The molecule has 0 spiro atoms. The van der Waals surface area contributed by atoms with Crippen LogP contribution in [0.25, 0.3) is 11.0 Å². The lowest BCUT2D eigenvalue weighted by atomic mass is 10.0. The molecule has 10 nitrogen and oxygen atoms in total.